The molecule has 0 spiro atoms. The molecule has 14 heavy (non-hydrogen) atoms. The van der Waals surface area contributed by atoms with Crippen molar-refractivity contribution in [1.29, 1.82) is 0 Å². The van der Waals surface area contributed by atoms with Crippen LogP contribution in [0.25, 0.3) is 5.65 Å². The second-order valence-corrected chi connectivity index (χ2v) is 3.91. The molecule has 2 aromatic heterocycles. The highest BCUT2D eigenvalue weighted by Crippen LogP contribution is 2.14. The van der Waals surface area contributed by atoms with Gasteiger partial charge in [0.05, 0.1) is 6.20 Å². The summed E-state index contributed by atoms with van der Waals surface area (Å²) >= 11 is 5.91. The van der Waals surface area contributed by atoms with Crippen molar-refractivity contribution in [2.75, 3.05) is 0 Å². The molecule has 0 bridgehead atoms. The average Bonchev–Trinajstić information content (AvgIpc) is 2.46. The fraction of sp³-hybridized carbons (Fsp3) is 0.300. The minimum Gasteiger partial charge on any atom is -0.328 e. The van der Waals surface area contributed by atoms with E-state index in [9.17, 15) is 0 Å². The van der Waals surface area contributed by atoms with E-state index in [2.05, 4.69) is 4.98 Å². The van der Waals surface area contributed by atoms with E-state index < -0.39 is 0 Å². The molecule has 0 amide bonds. The Hall–Kier alpha value is -1.06. The normalized spacial score (nSPS) is 13.4. The summed E-state index contributed by atoms with van der Waals surface area (Å²) in [5.74, 6) is 0. The smallest absolute Gasteiger partial charge is 0.138 e. The Balaban J connectivity index is 2.42. The van der Waals surface area contributed by atoms with Crippen molar-refractivity contribution in [2.45, 2.75) is 19.4 Å². The summed E-state index contributed by atoms with van der Waals surface area (Å²) in [5.41, 5.74) is 7.78. The summed E-state index contributed by atoms with van der Waals surface area (Å²) in [4.78, 5) is 4.18. The van der Waals surface area contributed by atoms with Gasteiger partial charge in [-0.15, -0.1) is 0 Å². The lowest BCUT2D eigenvalue weighted by Crippen LogP contribution is -2.17. The molecule has 0 radical (unpaired) electrons. The predicted molar refractivity (Wildman–Crippen MR) is 57.6 cm³/mol. The molecule has 0 aliphatic rings. The van der Waals surface area contributed by atoms with Crippen LogP contribution in [0.4, 0.5) is 0 Å². The lowest BCUT2D eigenvalue weighted by atomic mass is 10.1. The van der Waals surface area contributed by atoms with E-state index in [1.807, 2.05) is 29.7 Å². The van der Waals surface area contributed by atoms with E-state index in [1.165, 1.54) is 5.56 Å². The Morgan fingerprint density at radius 2 is 2.43 bits per heavy atom. The van der Waals surface area contributed by atoms with Gasteiger partial charge in [0.25, 0.3) is 0 Å². The first kappa shape index (κ1) is 9.49. The summed E-state index contributed by atoms with van der Waals surface area (Å²) in [5, 5.41) is 0.632. The molecule has 2 heterocycles. The van der Waals surface area contributed by atoms with Gasteiger partial charge in [0.15, 0.2) is 0 Å². The minimum absolute atomic E-state index is 0.169. The van der Waals surface area contributed by atoms with E-state index in [4.69, 9.17) is 17.3 Å². The van der Waals surface area contributed by atoms with Crippen LogP contribution >= 0.6 is 11.6 Å². The number of imidazole rings is 1. The van der Waals surface area contributed by atoms with Gasteiger partial charge < -0.3 is 5.73 Å². The number of nitrogens with zero attached hydrogens (tertiary/aromatic N) is 2. The van der Waals surface area contributed by atoms with E-state index in [0.29, 0.717) is 5.15 Å². The maximum atomic E-state index is 5.91. The van der Waals surface area contributed by atoms with Crippen LogP contribution in [-0.4, -0.2) is 15.4 Å². The molecule has 2 aromatic rings. The van der Waals surface area contributed by atoms with Gasteiger partial charge in [-0.25, -0.2) is 4.98 Å². The number of aromatic nitrogens is 2. The molecule has 74 valence electrons. The van der Waals surface area contributed by atoms with E-state index in [1.54, 1.807) is 6.20 Å². The second-order valence-electron chi connectivity index (χ2n) is 3.53. The van der Waals surface area contributed by atoms with Crippen LogP contribution in [0.2, 0.25) is 5.15 Å². The number of halogens is 1. The van der Waals surface area contributed by atoms with Gasteiger partial charge in [-0.1, -0.05) is 11.6 Å². The van der Waals surface area contributed by atoms with Gasteiger partial charge >= 0.3 is 0 Å². The Bertz CT molecular complexity index is 448. The zero-order valence-electron chi connectivity index (χ0n) is 7.94. The third-order valence-electron chi connectivity index (χ3n) is 2.09. The molecule has 0 saturated carbocycles. The van der Waals surface area contributed by atoms with Gasteiger partial charge in [-0.3, -0.25) is 4.40 Å². The molecule has 0 aliphatic carbocycles. The third-order valence-corrected chi connectivity index (χ3v) is 2.37. The third kappa shape index (κ3) is 1.74. The molecule has 4 heteroatoms. The van der Waals surface area contributed by atoms with Gasteiger partial charge in [-0.05, 0) is 31.0 Å². The Morgan fingerprint density at radius 3 is 3.14 bits per heavy atom. The summed E-state index contributed by atoms with van der Waals surface area (Å²) in [6.45, 7) is 1.99. The van der Waals surface area contributed by atoms with Gasteiger partial charge in [-0.2, -0.15) is 0 Å². The topological polar surface area (TPSA) is 43.3 Å². The van der Waals surface area contributed by atoms with Gasteiger partial charge in [0.2, 0.25) is 0 Å². The van der Waals surface area contributed by atoms with Crippen molar-refractivity contribution < 1.29 is 0 Å². The molecular formula is C10H12ClN3. The van der Waals surface area contributed by atoms with Crippen LogP contribution in [-0.2, 0) is 6.42 Å². The van der Waals surface area contributed by atoms with E-state index in [0.717, 1.165) is 12.1 Å². The van der Waals surface area contributed by atoms with Crippen molar-refractivity contribution in [1.82, 2.24) is 9.38 Å². The monoisotopic (exact) mass is 209 g/mol. The van der Waals surface area contributed by atoms with Crippen LogP contribution in [0.1, 0.15) is 12.5 Å². The standard InChI is InChI=1S/C10H12ClN3/c1-7(12)4-8-2-3-14-9(11)6-13-10(14)5-8/h2-3,5-7H,4,12H2,1H3. The minimum atomic E-state index is 0.169. The van der Waals surface area contributed by atoms with Gasteiger partial charge in [0.1, 0.15) is 10.8 Å². The van der Waals surface area contributed by atoms with Gasteiger partial charge in [0, 0.05) is 12.2 Å². The molecule has 1 atom stereocenters. The molecule has 1 unspecified atom stereocenters. The fourth-order valence-corrected chi connectivity index (χ4v) is 1.68. The Labute approximate surface area is 87.5 Å². The van der Waals surface area contributed by atoms with Crippen molar-refractivity contribution >= 4 is 17.2 Å². The quantitative estimate of drug-likeness (QED) is 0.821. The number of fused-ring (bicyclic) bond motifs is 1. The van der Waals surface area contributed by atoms with Crippen LogP contribution in [0.15, 0.2) is 24.5 Å². The molecule has 0 aliphatic heterocycles. The van der Waals surface area contributed by atoms with Crippen molar-refractivity contribution in [2.24, 2.45) is 5.73 Å². The highest BCUT2D eigenvalue weighted by molar-refractivity contribution is 6.29. The first-order valence-electron chi connectivity index (χ1n) is 4.54. The van der Waals surface area contributed by atoms with Crippen molar-refractivity contribution in [3.05, 3.63) is 35.2 Å². The second kappa shape index (κ2) is 3.59. The summed E-state index contributed by atoms with van der Waals surface area (Å²) in [7, 11) is 0. The Kier molecular flexibility index (Phi) is 2.44. The SMILES string of the molecule is CC(N)Cc1ccn2c(Cl)cnc2c1. The molecule has 2 rings (SSSR count). The van der Waals surface area contributed by atoms with Crippen molar-refractivity contribution in [3.8, 4) is 0 Å². The number of pyridine rings is 1. The number of hydrogen-bond acceptors (Lipinski definition) is 2. The number of nitrogens with two attached hydrogens (primary N) is 1. The highest BCUT2D eigenvalue weighted by Gasteiger charge is 2.02. The molecule has 0 saturated heterocycles. The van der Waals surface area contributed by atoms with E-state index in [-0.39, 0.29) is 6.04 Å². The fourth-order valence-electron chi connectivity index (χ4n) is 1.49. The lowest BCUT2D eigenvalue weighted by Gasteiger charge is -2.05. The molecule has 0 aromatic carbocycles. The maximum absolute atomic E-state index is 5.91. The molecule has 2 N–H and O–H groups in total. The van der Waals surface area contributed by atoms with Crippen LogP contribution in [0, 0.1) is 0 Å². The largest absolute Gasteiger partial charge is 0.328 e. The molecule has 3 nitrogen and oxygen atoms in total. The summed E-state index contributed by atoms with van der Waals surface area (Å²) in [6.07, 6.45) is 4.43. The van der Waals surface area contributed by atoms with Crippen LogP contribution < -0.4 is 5.73 Å². The highest BCUT2D eigenvalue weighted by atomic mass is 35.5. The summed E-state index contributed by atoms with van der Waals surface area (Å²) < 4.78 is 1.84. The first-order valence-corrected chi connectivity index (χ1v) is 4.91. The zero-order chi connectivity index (χ0) is 10.1. The summed E-state index contributed by atoms with van der Waals surface area (Å²) in [6, 6.07) is 4.20. The lowest BCUT2D eigenvalue weighted by molar-refractivity contribution is 0.737. The maximum Gasteiger partial charge on any atom is 0.138 e. The van der Waals surface area contributed by atoms with Crippen LogP contribution in [0.5, 0.6) is 0 Å². The number of rotatable bonds is 2. The van der Waals surface area contributed by atoms with Crippen molar-refractivity contribution in [3.63, 3.8) is 0 Å². The Morgan fingerprint density at radius 1 is 1.64 bits per heavy atom. The zero-order valence-corrected chi connectivity index (χ0v) is 8.70. The van der Waals surface area contributed by atoms with Crippen LogP contribution in [0.3, 0.4) is 0 Å². The predicted octanol–water partition coefficient (Wildman–Crippen LogP) is 1.88. The van der Waals surface area contributed by atoms with E-state index >= 15 is 0 Å². The molecular weight excluding hydrogens is 198 g/mol. The first-order chi connectivity index (χ1) is 6.66. The molecule has 0 fully saturated rings. The average molecular weight is 210 g/mol. The number of hydrogen-bond donors (Lipinski definition) is 1.